The Kier molecular flexibility index (Phi) is 3.55. The second-order valence-corrected chi connectivity index (χ2v) is 4.99. The Morgan fingerprint density at radius 3 is 2.67 bits per heavy atom. The van der Waals surface area contributed by atoms with E-state index < -0.39 is 0 Å². The molecule has 6 nitrogen and oxygen atoms in total. The molecule has 0 atom stereocenters. The highest BCUT2D eigenvalue weighted by molar-refractivity contribution is 5.93. The van der Waals surface area contributed by atoms with E-state index in [-0.39, 0.29) is 11.7 Å². The molecule has 7 heteroatoms. The molecule has 0 saturated carbocycles. The highest BCUT2D eigenvalue weighted by atomic mass is 19.1. The summed E-state index contributed by atoms with van der Waals surface area (Å²) in [5.74, 6) is -0.0141. The predicted molar refractivity (Wildman–Crippen MR) is 75.5 cm³/mol. The number of piperazine rings is 1. The summed E-state index contributed by atoms with van der Waals surface area (Å²) in [5.41, 5.74) is 0.579. The second kappa shape index (κ2) is 5.51. The summed E-state index contributed by atoms with van der Waals surface area (Å²) < 4.78 is 15.3. The standard InChI is InChI=1S/C14H16FN5O/c1-18-10-11(9-17-18)14(21)20-7-5-19(6-8-20)13-12(15)3-2-4-16-13/h2-4,9-10H,5-8H2,1H3. The van der Waals surface area contributed by atoms with Gasteiger partial charge in [0, 0.05) is 45.6 Å². The molecule has 1 saturated heterocycles. The first-order valence-corrected chi connectivity index (χ1v) is 6.78. The minimum Gasteiger partial charge on any atom is -0.351 e. The van der Waals surface area contributed by atoms with E-state index in [9.17, 15) is 9.18 Å². The molecule has 0 N–H and O–H groups in total. The van der Waals surface area contributed by atoms with Crippen molar-refractivity contribution in [3.63, 3.8) is 0 Å². The number of hydrogen-bond acceptors (Lipinski definition) is 4. The highest BCUT2D eigenvalue weighted by Crippen LogP contribution is 2.17. The number of anilines is 1. The van der Waals surface area contributed by atoms with Crippen molar-refractivity contribution in [1.29, 1.82) is 0 Å². The Morgan fingerprint density at radius 1 is 1.29 bits per heavy atom. The Hall–Kier alpha value is -2.44. The van der Waals surface area contributed by atoms with Gasteiger partial charge in [-0.05, 0) is 12.1 Å². The van der Waals surface area contributed by atoms with Gasteiger partial charge < -0.3 is 9.80 Å². The normalized spacial score (nSPS) is 15.3. The van der Waals surface area contributed by atoms with Gasteiger partial charge in [0.1, 0.15) is 0 Å². The van der Waals surface area contributed by atoms with Gasteiger partial charge in [-0.1, -0.05) is 0 Å². The molecule has 1 aliphatic heterocycles. The number of halogens is 1. The number of nitrogens with zero attached hydrogens (tertiary/aromatic N) is 5. The maximum absolute atomic E-state index is 13.7. The zero-order chi connectivity index (χ0) is 14.8. The summed E-state index contributed by atoms with van der Waals surface area (Å²) >= 11 is 0. The molecule has 2 aromatic rings. The number of carbonyl (C=O) groups excluding carboxylic acids is 1. The molecule has 0 bridgehead atoms. The van der Waals surface area contributed by atoms with Gasteiger partial charge in [-0.25, -0.2) is 9.37 Å². The van der Waals surface area contributed by atoms with E-state index in [0.717, 1.165) is 0 Å². The van der Waals surface area contributed by atoms with E-state index in [4.69, 9.17) is 0 Å². The summed E-state index contributed by atoms with van der Waals surface area (Å²) in [5, 5.41) is 4.01. The summed E-state index contributed by atoms with van der Waals surface area (Å²) in [6.07, 6.45) is 4.84. The van der Waals surface area contributed by atoms with Gasteiger partial charge in [0.2, 0.25) is 0 Å². The first-order valence-electron chi connectivity index (χ1n) is 6.78. The maximum atomic E-state index is 13.7. The third-order valence-corrected chi connectivity index (χ3v) is 3.56. The largest absolute Gasteiger partial charge is 0.351 e. The van der Waals surface area contributed by atoms with Crippen LogP contribution in [0.4, 0.5) is 10.2 Å². The van der Waals surface area contributed by atoms with Crippen LogP contribution < -0.4 is 4.90 Å². The molecular weight excluding hydrogens is 273 g/mol. The highest BCUT2D eigenvalue weighted by Gasteiger charge is 2.24. The Balaban J connectivity index is 1.65. The van der Waals surface area contributed by atoms with Crippen molar-refractivity contribution in [3.8, 4) is 0 Å². The molecule has 3 heterocycles. The van der Waals surface area contributed by atoms with Gasteiger partial charge in [-0.3, -0.25) is 9.48 Å². The van der Waals surface area contributed by atoms with Crippen LogP contribution in [0.3, 0.4) is 0 Å². The molecule has 0 radical (unpaired) electrons. The summed E-state index contributed by atoms with van der Waals surface area (Å²) in [6, 6.07) is 2.97. The van der Waals surface area contributed by atoms with Crippen LogP contribution in [0.1, 0.15) is 10.4 Å². The van der Waals surface area contributed by atoms with Crippen molar-refractivity contribution in [1.82, 2.24) is 19.7 Å². The smallest absolute Gasteiger partial charge is 0.257 e. The van der Waals surface area contributed by atoms with Gasteiger partial charge in [0.05, 0.1) is 11.8 Å². The third-order valence-electron chi connectivity index (χ3n) is 3.56. The average Bonchev–Trinajstić information content (AvgIpc) is 2.94. The zero-order valence-electron chi connectivity index (χ0n) is 11.7. The number of aryl methyl sites for hydroxylation is 1. The zero-order valence-corrected chi connectivity index (χ0v) is 11.7. The molecule has 2 aromatic heterocycles. The number of hydrogen-bond donors (Lipinski definition) is 0. The SMILES string of the molecule is Cn1cc(C(=O)N2CCN(c3ncccc3F)CC2)cn1. The van der Waals surface area contributed by atoms with Gasteiger partial charge in [-0.2, -0.15) is 5.10 Å². The fourth-order valence-electron chi connectivity index (χ4n) is 2.45. The van der Waals surface area contributed by atoms with Crippen LogP contribution in [-0.2, 0) is 7.05 Å². The second-order valence-electron chi connectivity index (χ2n) is 4.99. The fraction of sp³-hybridized carbons (Fsp3) is 0.357. The summed E-state index contributed by atoms with van der Waals surface area (Å²) in [4.78, 5) is 20.0. The van der Waals surface area contributed by atoms with E-state index in [1.165, 1.54) is 6.07 Å². The van der Waals surface area contributed by atoms with Crippen molar-refractivity contribution in [2.45, 2.75) is 0 Å². The van der Waals surface area contributed by atoms with Crippen molar-refractivity contribution < 1.29 is 9.18 Å². The van der Waals surface area contributed by atoms with E-state index in [1.807, 2.05) is 4.90 Å². The quantitative estimate of drug-likeness (QED) is 0.825. The van der Waals surface area contributed by atoms with Crippen molar-refractivity contribution >= 4 is 11.7 Å². The first-order chi connectivity index (χ1) is 10.1. The molecule has 0 aromatic carbocycles. The molecule has 21 heavy (non-hydrogen) atoms. The topological polar surface area (TPSA) is 54.3 Å². The van der Waals surface area contributed by atoms with Crippen LogP contribution in [0.2, 0.25) is 0 Å². The number of aromatic nitrogens is 3. The van der Waals surface area contributed by atoms with Crippen LogP contribution >= 0.6 is 0 Å². The lowest BCUT2D eigenvalue weighted by Gasteiger charge is -2.35. The maximum Gasteiger partial charge on any atom is 0.257 e. The number of carbonyl (C=O) groups is 1. The molecule has 0 aliphatic carbocycles. The molecule has 0 unspecified atom stereocenters. The van der Waals surface area contributed by atoms with Crippen LogP contribution in [0, 0.1) is 5.82 Å². The fourth-order valence-corrected chi connectivity index (χ4v) is 2.45. The monoisotopic (exact) mass is 289 g/mol. The third kappa shape index (κ3) is 2.72. The number of rotatable bonds is 2. The molecule has 3 rings (SSSR count). The first kappa shape index (κ1) is 13.5. The van der Waals surface area contributed by atoms with E-state index in [2.05, 4.69) is 10.1 Å². The Labute approximate surface area is 121 Å². The lowest BCUT2D eigenvalue weighted by atomic mass is 10.2. The lowest BCUT2D eigenvalue weighted by molar-refractivity contribution is 0.0746. The lowest BCUT2D eigenvalue weighted by Crippen LogP contribution is -2.49. The van der Waals surface area contributed by atoms with Gasteiger partial charge in [0.15, 0.2) is 11.6 Å². The van der Waals surface area contributed by atoms with Crippen LogP contribution in [0.25, 0.3) is 0 Å². The Morgan fingerprint density at radius 2 is 2.05 bits per heavy atom. The molecule has 0 spiro atoms. The van der Waals surface area contributed by atoms with Crippen molar-refractivity contribution in [3.05, 3.63) is 42.1 Å². The van der Waals surface area contributed by atoms with Gasteiger partial charge in [-0.15, -0.1) is 0 Å². The minimum absolute atomic E-state index is 0.0377. The van der Waals surface area contributed by atoms with E-state index >= 15 is 0 Å². The van der Waals surface area contributed by atoms with E-state index in [0.29, 0.717) is 37.6 Å². The van der Waals surface area contributed by atoms with Crippen LogP contribution in [-0.4, -0.2) is 51.8 Å². The van der Waals surface area contributed by atoms with Crippen LogP contribution in [0.5, 0.6) is 0 Å². The molecule has 1 amide bonds. The Bertz CT molecular complexity index is 648. The van der Waals surface area contributed by atoms with Gasteiger partial charge in [0.25, 0.3) is 5.91 Å². The minimum atomic E-state index is -0.329. The summed E-state index contributed by atoms with van der Waals surface area (Å²) in [6.45, 7) is 2.23. The average molecular weight is 289 g/mol. The van der Waals surface area contributed by atoms with E-state index in [1.54, 1.807) is 41.3 Å². The molecular formula is C14H16FN5O. The summed E-state index contributed by atoms with van der Waals surface area (Å²) in [7, 11) is 1.78. The molecule has 1 aliphatic rings. The van der Waals surface area contributed by atoms with Gasteiger partial charge >= 0.3 is 0 Å². The predicted octanol–water partition coefficient (Wildman–Crippen LogP) is 0.917. The van der Waals surface area contributed by atoms with Crippen molar-refractivity contribution in [2.75, 3.05) is 31.1 Å². The molecule has 1 fully saturated rings. The number of pyridine rings is 1. The van der Waals surface area contributed by atoms with Crippen molar-refractivity contribution in [2.24, 2.45) is 7.05 Å². The number of amides is 1. The van der Waals surface area contributed by atoms with Crippen LogP contribution in [0.15, 0.2) is 30.7 Å². The molecule has 110 valence electrons.